The number of aldehydes is 1. The number of hydrogen-bond acceptors (Lipinski definition) is 3. The highest BCUT2D eigenvalue weighted by atomic mass is 16.2. The number of likely N-dealkylation sites (tertiary alicyclic amines) is 2. The summed E-state index contributed by atoms with van der Waals surface area (Å²) < 4.78 is 0. The van der Waals surface area contributed by atoms with Crippen molar-refractivity contribution >= 4 is 12.2 Å². The first-order chi connectivity index (χ1) is 8.29. The Balaban J connectivity index is 1.73. The van der Waals surface area contributed by atoms with Gasteiger partial charge in [-0.2, -0.15) is 0 Å². The molecule has 4 heteroatoms. The van der Waals surface area contributed by atoms with Gasteiger partial charge >= 0.3 is 0 Å². The van der Waals surface area contributed by atoms with E-state index in [1.807, 2.05) is 4.90 Å². The van der Waals surface area contributed by atoms with E-state index in [1.165, 1.54) is 6.42 Å². The van der Waals surface area contributed by atoms with Crippen LogP contribution in [-0.2, 0) is 9.59 Å². The Bertz CT molecular complexity index is 267. The van der Waals surface area contributed by atoms with Crippen LogP contribution in [0, 0.1) is 5.92 Å². The molecule has 2 aliphatic rings. The van der Waals surface area contributed by atoms with Gasteiger partial charge in [-0.05, 0) is 45.2 Å². The van der Waals surface area contributed by atoms with E-state index in [1.54, 1.807) is 0 Å². The monoisotopic (exact) mass is 238 g/mol. The zero-order valence-corrected chi connectivity index (χ0v) is 10.4. The number of hydrogen-bond donors (Lipinski definition) is 0. The summed E-state index contributed by atoms with van der Waals surface area (Å²) in [5.41, 5.74) is 0. The molecule has 1 amide bonds. The van der Waals surface area contributed by atoms with Crippen LogP contribution in [0.15, 0.2) is 0 Å². The van der Waals surface area contributed by atoms with Crippen molar-refractivity contribution in [1.29, 1.82) is 0 Å². The molecule has 2 fully saturated rings. The predicted octanol–water partition coefficient (Wildman–Crippen LogP) is 0.910. The second kappa shape index (κ2) is 6.15. The molecule has 2 aliphatic heterocycles. The number of carbonyl (C=O) groups excluding carboxylic acids is 2. The molecular weight excluding hydrogens is 216 g/mol. The Morgan fingerprint density at radius 2 is 1.71 bits per heavy atom. The van der Waals surface area contributed by atoms with E-state index in [4.69, 9.17) is 0 Å². The zero-order chi connectivity index (χ0) is 12.1. The van der Waals surface area contributed by atoms with Gasteiger partial charge in [0.2, 0.25) is 5.91 Å². The number of nitrogens with zero attached hydrogens (tertiary/aromatic N) is 2. The summed E-state index contributed by atoms with van der Waals surface area (Å²) in [6.07, 6.45) is 6.45. The maximum atomic E-state index is 12.0. The first-order valence-electron chi connectivity index (χ1n) is 6.75. The van der Waals surface area contributed by atoms with E-state index < -0.39 is 0 Å². The molecule has 0 radical (unpaired) electrons. The van der Waals surface area contributed by atoms with E-state index in [2.05, 4.69) is 4.90 Å². The van der Waals surface area contributed by atoms with Gasteiger partial charge in [0.05, 0.1) is 6.54 Å². The second-order valence-corrected chi connectivity index (χ2v) is 5.19. The fraction of sp³-hybridized carbons (Fsp3) is 0.846. The van der Waals surface area contributed by atoms with Crippen molar-refractivity contribution in [1.82, 2.24) is 9.80 Å². The van der Waals surface area contributed by atoms with Gasteiger partial charge in [0.15, 0.2) is 0 Å². The van der Waals surface area contributed by atoms with Crippen molar-refractivity contribution in [2.45, 2.75) is 32.1 Å². The highest BCUT2D eigenvalue weighted by Crippen LogP contribution is 2.15. The van der Waals surface area contributed by atoms with Gasteiger partial charge in [0.25, 0.3) is 0 Å². The number of rotatable bonds is 3. The van der Waals surface area contributed by atoms with Crippen LogP contribution >= 0.6 is 0 Å². The third kappa shape index (κ3) is 3.53. The summed E-state index contributed by atoms with van der Waals surface area (Å²) in [6, 6.07) is 0. The molecule has 0 saturated carbocycles. The average molecular weight is 238 g/mol. The Labute approximate surface area is 103 Å². The van der Waals surface area contributed by atoms with Crippen molar-refractivity contribution in [3.8, 4) is 0 Å². The third-order valence-electron chi connectivity index (χ3n) is 3.89. The molecule has 2 saturated heterocycles. The van der Waals surface area contributed by atoms with Crippen molar-refractivity contribution < 1.29 is 9.59 Å². The number of amides is 1. The lowest BCUT2D eigenvalue weighted by molar-refractivity contribution is -0.133. The van der Waals surface area contributed by atoms with Crippen molar-refractivity contribution in [3.05, 3.63) is 0 Å². The van der Waals surface area contributed by atoms with Crippen molar-refractivity contribution in [2.24, 2.45) is 5.92 Å². The third-order valence-corrected chi connectivity index (χ3v) is 3.89. The molecule has 2 heterocycles. The maximum absolute atomic E-state index is 12.0. The lowest BCUT2D eigenvalue weighted by atomic mass is 9.98. The average Bonchev–Trinajstić information content (AvgIpc) is 2.40. The lowest BCUT2D eigenvalue weighted by Crippen LogP contribution is -2.45. The van der Waals surface area contributed by atoms with Crippen LogP contribution in [0.1, 0.15) is 32.1 Å². The number of carbonyl (C=O) groups is 2. The second-order valence-electron chi connectivity index (χ2n) is 5.19. The molecule has 0 atom stereocenters. The quantitative estimate of drug-likeness (QED) is 0.686. The molecule has 0 spiro atoms. The van der Waals surface area contributed by atoms with Crippen LogP contribution in [0.3, 0.4) is 0 Å². The smallest absolute Gasteiger partial charge is 0.236 e. The Hall–Kier alpha value is -0.900. The summed E-state index contributed by atoms with van der Waals surface area (Å²) in [7, 11) is 0. The molecule has 0 unspecified atom stereocenters. The molecule has 96 valence electrons. The predicted molar refractivity (Wildman–Crippen MR) is 65.7 cm³/mol. The standard InChI is InChI=1S/C13H22N2O2/c16-11-12-4-8-14(9-5-12)10-13(17)15-6-2-1-3-7-15/h11-12H,1-10H2. The first kappa shape index (κ1) is 12.6. The highest BCUT2D eigenvalue weighted by Gasteiger charge is 2.23. The van der Waals surface area contributed by atoms with Crippen LogP contribution in [-0.4, -0.2) is 54.7 Å². The maximum Gasteiger partial charge on any atom is 0.236 e. The lowest BCUT2D eigenvalue weighted by Gasteiger charge is -2.32. The van der Waals surface area contributed by atoms with Crippen molar-refractivity contribution in [3.63, 3.8) is 0 Å². The van der Waals surface area contributed by atoms with E-state index in [9.17, 15) is 9.59 Å². The molecule has 0 aromatic heterocycles. The van der Waals surface area contributed by atoms with Gasteiger partial charge in [0.1, 0.15) is 6.29 Å². The molecule has 0 aromatic rings. The van der Waals surface area contributed by atoms with Crippen LogP contribution in [0.4, 0.5) is 0 Å². The minimum atomic E-state index is 0.219. The molecule has 0 aromatic carbocycles. The first-order valence-corrected chi connectivity index (χ1v) is 6.75. The summed E-state index contributed by atoms with van der Waals surface area (Å²) >= 11 is 0. The van der Waals surface area contributed by atoms with Gasteiger partial charge in [-0.1, -0.05) is 0 Å². The minimum Gasteiger partial charge on any atom is -0.342 e. The minimum absolute atomic E-state index is 0.219. The Morgan fingerprint density at radius 1 is 1.06 bits per heavy atom. The largest absolute Gasteiger partial charge is 0.342 e. The van der Waals surface area contributed by atoms with E-state index in [-0.39, 0.29) is 11.8 Å². The molecule has 17 heavy (non-hydrogen) atoms. The highest BCUT2D eigenvalue weighted by molar-refractivity contribution is 5.78. The summed E-state index contributed by atoms with van der Waals surface area (Å²) in [5, 5.41) is 0. The van der Waals surface area contributed by atoms with Gasteiger partial charge < -0.3 is 9.69 Å². The van der Waals surface area contributed by atoms with E-state index >= 15 is 0 Å². The Morgan fingerprint density at radius 3 is 2.29 bits per heavy atom. The summed E-state index contributed by atoms with van der Waals surface area (Å²) in [5.74, 6) is 0.491. The molecular formula is C13H22N2O2. The van der Waals surface area contributed by atoms with Gasteiger partial charge in [-0.3, -0.25) is 9.69 Å². The molecule has 0 aliphatic carbocycles. The topological polar surface area (TPSA) is 40.6 Å². The van der Waals surface area contributed by atoms with E-state index in [0.717, 1.165) is 58.1 Å². The van der Waals surface area contributed by atoms with E-state index in [0.29, 0.717) is 6.54 Å². The molecule has 0 N–H and O–H groups in total. The van der Waals surface area contributed by atoms with Gasteiger partial charge in [-0.25, -0.2) is 0 Å². The van der Waals surface area contributed by atoms with Gasteiger partial charge in [0, 0.05) is 19.0 Å². The molecule has 0 bridgehead atoms. The number of piperidine rings is 2. The fourth-order valence-corrected chi connectivity index (χ4v) is 2.68. The van der Waals surface area contributed by atoms with Crippen LogP contribution in [0.25, 0.3) is 0 Å². The van der Waals surface area contributed by atoms with Crippen LogP contribution < -0.4 is 0 Å². The van der Waals surface area contributed by atoms with Crippen molar-refractivity contribution in [2.75, 3.05) is 32.7 Å². The van der Waals surface area contributed by atoms with Crippen LogP contribution in [0.5, 0.6) is 0 Å². The molecule has 4 nitrogen and oxygen atoms in total. The van der Waals surface area contributed by atoms with Crippen LogP contribution in [0.2, 0.25) is 0 Å². The molecule has 2 rings (SSSR count). The summed E-state index contributed by atoms with van der Waals surface area (Å²) in [4.78, 5) is 26.9. The normalized spacial score (nSPS) is 23.6. The SMILES string of the molecule is O=CC1CCN(CC(=O)N2CCCCC2)CC1. The fourth-order valence-electron chi connectivity index (χ4n) is 2.68. The Kier molecular flexibility index (Phi) is 4.54. The van der Waals surface area contributed by atoms with Gasteiger partial charge in [-0.15, -0.1) is 0 Å². The zero-order valence-electron chi connectivity index (χ0n) is 10.4. The summed E-state index contributed by atoms with van der Waals surface area (Å²) in [6.45, 7) is 4.20.